The second-order valence-electron chi connectivity index (χ2n) is 7.06. The minimum atomic E-state index is -1.26. The molecule has 1 saturated heterocycles. The molecule has 32 heavy (non-hydrogen) atoms. The Morgan fingerprint density at radius 2 is 1.88 bits per heavy atom. The van der Waals surface area contributed by atoms with Crippen LogP contribution in [0.2, 0.25) is 0 Å². The molecule has 1 atom stereocenters. The number of piperidine rings is 1. The molecular formula is C21H18N6O3S2. The first-order valence-electron chi connectivity index (χ1n) is 9.52. The zero-order chi connectivity index (χ0) is 23.0. The number of fused-ring (bicyclic) bond motifs is 1. The van der Waals surface area contributed by atoms with Crippen molar-refractivity contribution in [3.8, 4) is 0 Å². The number of amides is 2. The van der Waals surface area contributed by atoms with Gasteiger partial charge in [0.1, 0.15) is 16.6 Å². The van der Waals surface area contributed by atoms with Crippen molar-refractivity contribution in [1.29, 1.82) is 0 Å². The average molecular weight is 467 g/mol. The predicted molar refractivity (Wildman–Crippen MR) is 126 cm³/mol. The summed E-state index contributed by atoms with van der Waals surface area (Å²) in [5.41, 5.74) is 6.99. The fourth-order valence-electron chi connectivity index (χ4n) is 3.38. The number of imide groups is 1. The van der Waals surface area contributed by atoms with Gasteiger partial charge in [-0.2, -0.15) is 5.10 Å². The Balaban J connectivity index is 1.86. The van der Waals surface area contributed by atoms with Gasteiger partial charge >= 0.3 is 5.91 Å². The standard InChI is InChI=1S/C21H18N6O3S2/c1-10-6-5-8-13(11(10)2)27-19(29)16(25-26-21(31)24-22)15(17(28)20(27)30)18-23-12-7-3-4-9-14(12)32-18/h3-9,15H,22H2,1-2H3,(H2,24,26,31)/b25-16+/t15-/m1/s1. The molecule has 2 aromatic carbocycles. The van der Waals surface area contributed by atoms with Crippen LogP contribution in [0.25, 0.3) is 10.2 Å². The number of aryl methyl sites for hydroxylation is 1. The Hall–Kier alpha value is -3.54. The molecule has 0 saturated carbocycles. The van der Waals surface area contributed by atoms with Crippen molar-refractivity contribution in [2.75, 3.05) is 4.90 Å². The van der Waals surface area contributed by atoms with E-state index in [4.69, 9.17) is 18.1 Å². The fraction of sp³-hybridized carbons (Fsp3) is 0.143. The van der Waals surface area contributed by atoms with Gasteiger partial charge in [0.15, 0.2) is 0 Å². The van der Waals surface area contributed by atoms with Gasteiger partial charge in [-0.15, -0.1) is 11.3 Å². The first-order chi connectivity index (χ1) is 15.3. The van der Waals surface area contributed by atoms with Crippen LogP contribution in [0.15, 0.2) is 47.6 Å². The van der Waals surface area contributed by atoms with Crippen LogP contribution in [0.1, 0.15) is 22.1 Å². The molecule has 1 fully saturated rings. The second-order valence-corrected chi connectivity index (χ2v) is 8.53. The van der Waals surface area contributed by atoms with Gasteiger partial charge in [0.25, 0.3) is 5.91 Å². The number of carbonyl (C=O) groups excluding carboxylic acids is 3. The number of hydrogen-bond donors (Lipinski definition) is 3. The number of hydrogen-bond acceptors (Lipinski definition) is 8. The Kier molecular flexibility index (Phi) is 5.78. The molecule has 162 valence electrons. The molecular weight excluding hydrogens is 448 g/mol. The van der Waals surface area contributed by atoms with Gasteiger partial charge in [-0.3, -0.25) is 25.2 Å². The highest BCUT2D eigenvalue weighted by molar-refractivity contribution is 7.80. The number of aromatic nitrogens is 1. The molecule has 4 rings (SSSR count). The van der Waals surface area contributed by atoms with Crippen molar-refractivity contribution in [1.82, 2.24) is 15.8 Å². The third kappa shape index (κ3) is 3.66. The summed E-state index contributed by atoms with van der Waals surface area (Å²) in [5, 5.41) is 4.30. The third-order valence-electron chi connectivity index (χ3n) is 5.16. The molecule has 9 nitrogen and oxygen atoms in total. The normalized spacial score (nSPS) is 17.8. The van der Waals surface area contributed by atoms with E-state index in [-0.39, 0.29) is 10.8 Å². The lowest BCUT2D eigenvalue weighted by Crippen LogP contribution is -2.55. The van der Waals surface area contributed by atoms with Crippen LogP contribution in [-0.4, -0.2) is 33.4 Å². The number of rotatable bonds is 3. The minimum Gasteiger partial charge on any atom is -0.300 e. The summed E-state index contributed by atoms with van der Waals surface area (Å²) in [7, 11) is 0. The summed E-state index contributed by atoms with van der Waals surface area (Å²) in [4.78, 5) is 45.3. The Morgan fingerprint density at radius 1 is 1.12 bits per heavy atom. The molecule has 1 aliphatic rings. The molecule has 3 aromatic rings. The number of thiocarbonyl (C=S) groups is 1. The SMILES string of the molecule is Cc1cccc(N2C(=O)C(=O)[C@H](c3nc4ccccc4s3)/C(=N\NC(=S)NN)C2=O)c1C. The summed E-state index contributed by atoms with van der Waals surface area (Å²) >= 11 is 6.16. The number of Topliss-reactive ketones (excluding diaryl/α,β-unsaturated/α-hetero) is 1. The monoisotopic (exact) mass is 466 g/mol. The number of benzene rings is 2. The van der Waals surface area contributed by atoms with Gasteiger partial charge in [-0.1, -0.05) is 24.3 Å². The Labute approximate surface area is 192 Å². The quantitative estimate of drug-likeness (QED) is 0.175. The highest BCUT2D eigenvalue weighted by Gasteiger charge is 2.48. The van der Waals surface area contributed by atoms with E-state index >= 15 is 0 Å². The molecule has 11 heteroatoms. The number of nitrogens with zero attached hydrogens (tertiary/aromatic N) is 3. The predicted octanol–water partition coefficient (Wildman–Crippen LogP) is 1.83. The number of hydrazone groups is 1. The van der Waals surface area contributed by atoms with Crippen LogP contribution in [0, 0.1) is 13.8 Å². The molecule has 4 N–H and O–H groups in total. The Morgan fingerprint density at radius 3 is 2.59 bits per heavy atom. The number of carbonyl (C=O) groups is 3. The first kappa shape index (κ1) is 21.7. The van der Waals surface area contributed by atoms with Crippen molar-refractivity contribution in [2.24, 2.45) is 10.9 Å². The van der Waals surface area contributed by atoms with Crippen LogP contribution in [0.5, 0.6) is 0 Å². The zero-order valence-electron chi connectivity index (χ0n) is 17.1. The van der Waals surface area contributed by atoms with Crippen LogP contribution in [0.4, 0.5) is 5.69 Å². The second kappa shape index (κ2) is 8.54. The largest absolute Gasteiger partial charge is 0.302 e. The minimum absolute atomic E-state index is 0.0593. The highest BCUT2D eigenvalue weighted by atomic mass is 32.1. The van der Waals surface area contributed by atoms with E-state index in [0.29, 0.717) is 21.8 Å². The maximum Gasteiger partial charge on any atom is 0.302 e. The van der Waals surface area contributed by atoms with Gasteiger partial charge in [0.2, 0.25) is 10.9 Å². The summed E-state index contributed by atoms with van der Waals surface area (Å²) in [6.45, 7) is 3.63. The van der Waals surface area contributed by atoms with E-state index in [9.17, 15) is 14.4 Å². The molecule has 0 bridgehead atoms. The lowest BCUT2D eigenvalue weighted by atomic mass is 9.91. The van der Waals surface area contributed by atoms with Gasteiger partial charge in [-0.25, -0.2) is 15.7 Å². The molecule has 2 amide bonds. The van der Waals surface area contributed by atoms with E-state index < -0.39 is 23.5 Å². The number of ketones is 1. The smallest absolute Gasteiger partial charge is 0.300 e. The number of hydrazine groups is 1. The van der Waals surface area contributed by atoms with Crippen molar-refractivity contribution >= 4 is 67.9 Å². The van der Waals surface area contributed by atoms with E-state index in [1.807, 2.05) is 31.2 Å². The van der Waals surface area contributed by atoms with Crippen molar-refractivity contribution in [3.63, 3.8) is 0 Å². The van der Waals surface area contributed by atoms with Crippen LogP contribution >= 0.6 is 23.6 Å². The maximum absolute atomic E-state index is 13.5. The first-order valence-corrected chi connectivity index (χ1v) is 10.7. The number of anilines is 1. The number of thiazole rings is 1. The molecule has 0 spiro atoms. The van der Waals surface area contributed by atoms with E-state index in [1.54, 1.807) is 25.1 Å². The topological polar surface area (TPSA) is 130 Å². The van der Waals surface area contributed by atoms with Gasteiger partial charge in [0, 0.05) is 0 Å². The lowest BCUT2D eigenvalue weighted by molar-refractivity contribution is -0.139. The van der Waals surface area contributed by atoms with Crippen molar-refractivity contribution < 1.29 is 14.4 Å². The molecule has 0 radical (unpaired) electrons. The fourth-order valence-corrected chi connectivity index (χ4v) is 4.50. The molecule has 1 aliphatic heterocycles. The van der Waals surface area contributed by atoms with Crippen LogP contribution in [-0.2, 0) is 14.4 Å². The summed E-state index contributed by atoms with van der Waals surface area (Å²) in [6, 6.07) is 12.5. The summed E-state index contributed by atoms with van der Waals surface area (Å²) in [6.07, 6.45) is 0. The maximum atomic E-state index is 13.5. The molecule has 0 aliphatic carbocycles. The van der Waals surface area contributed by atoms with E-state index in [0.717, 1.165) is 15.2 Å². The van der Waals surface area contributed by atoms with E-state index in [1.165, 1.54) is 11.3 Å². The lowest BCUT2D eigenvalue weighted by Gasteiger charge is -2.30. The summed E-state index contributed by atoms with van der Waals surface area (Å²) < 4.78 is 0.818. The number of nitrogens with two attached hydrogens (primary N) is 1. The highest BCUT2D eigenvalue weighted by Crippen LogP contribution is 2.34. The molecule has 1 aromatic heterocycles. The molecule has 2 heterocycles. The number of para-hydroxylation sites is 1. The number of nitrogens with one attached hydrogen (secondary N) is 2. The molecule has 0 unspecified atom stereocenters. The van der Waals surface area contributed by atoms with E-state index in [2.05, 4.69) is 20.9 Å². The average Bonchev–Trinajstić information content (AvgIpc) is 3.21. The zero-order valence-corrected chi connectivity index (χ0v) is 18.7. The van der Waals surface area contributed by atoms with Gasteiger partial charge in [0.05, 0.1) is 15.9 Å². The van der Waals surface area contributed by atoms with Crippen molar-refractivity contribution in [3.05, 3.63) is 58.6 Å². The Bertz CT molecular complexity index is 1280. The van der Waals surface area contributed by atoms with Crippen LogP contribution < -0.4 is 21.6 Å². The third-order valence-corrected chi connectivity index (χ3v) is 6.47. The van der Waals surface area contributed by atoms with Gasteiger partial charge in [-0.05, 0) is 55.4 Å². The van der Waals surface area contributed by atoms with Crippen molar-refractivity contribution in [2.45, 2.75) is 19.8 Å². The summed E-state index contributed by atoms with van der Waals surface area (Å²) in [5.74, 6) is 1.53. The van der Waals surface area contributed by atoms with Gasteiger partial charge < -0.3 is 0 Å². The van der Waals surface area contributed by atoms with Crippen LogP contribution in [0.3, 0.4) is 0 Å².